The minimum absolute atomic E-state index is 0.112. The summed E-state index contributed by atoms with van der Waals surface area (Å²) in [5.41, 5.74) is 3.55. The molecule has 3 rings (SSSR count). The lowest BCUT2D eigenvalue weighted by Gasteiger charge is -2.39. The number of nitrogens with zero attached hydrogens (tertiary/aromatic N) is 1. The van der Waals surface area contributed by atoms with Crippen molar-refractivity contribution in [2.75, 3.05) is 7.11 Å². The van der Waals surface area contributed by atoms with Crippen molar-refractivity contribution < 1.29 is 9.53 Å². The molecule has 3 aromatic carbocycles. The molecule has 0 aromatic heterocycles. The van der Waals surface area contributed by atoms with Gasteiger partial charge in [0.05, 0.1) is 13.0 Å². The van der Waals surface area contributed by atoms with Gasteiger partial charge in [0, 0.05) is 18.6 Å². The molecule has 3 nitrogen and oxygen atoms in total. The van der Waals surface area contributed by atoms with Gasteiger partial charge in [-0.25, -0.2) is 0 Å². The largest absolute Gasteiger partial charge is 0.469 e. The lowest BCUT2D eigenvalue weighted by atomic mass is 9.90. The van der Waals surface area contributed by atoms with Crippen molar-refractivity contribution in [2.45, 2.75) is 32.5 Å². The van der Waals surface area contributed by atoms with Crippen molar-refractivity contribution in [3.05, 3.63) is 108 Å². The Morgan fingerprint density at radius 1 is 0.793 bits per heavy atom. The van der Waals surface area contributed by atoms with Gasteiger partial charge in [0.15, 0.2) is 0 Å². The molecule has 0 aliphatic carbocycles. The molecule has 0 radical (unpaired) electrons. The molecule has 0 saturated heterocycles. The topological polar surface area (TPSA) is 29.5 Å². The lowest BCUT2D eigenvalue weighted by molar-refractivity contribution is -0.148. The van der Waals surface area contributed by atoms with E-state index in [0.717, 1.165) is 12.1 Å². The minimum Gasteiger partial charge on any atom is -0.469 e. The summed E-state index contributed by atoms with van der Waals surface area (Å²) in [5, 5.41) is 0. The van der Waals surface area contributed by atoms with Crippen LogP contribution in [0.25, 0.3) is 0 Å². The zero-order valence-corrected chi connectivity index (χ0v) is 17.4. The smallest absolute Gasteiger partial charge is 0.310 e. The predicted octanol–water partition coefficient (Wildman–Crippen LogP) is 5.80. The molecule has 3 unspecified atom stereocenters. The first-order chi connectivity index (χ1) is 14.1. The van der Waals surface area contributed by atoms with E-state index < -0.39 is 0 Å². The number of carbonyl (C=O) groups excluding carboxylic acids is 1. The summed E-state index contributed by atoms with van der Waals surface area (Å²) < 4.78 is 5.13. The number of hydrogen-bond acceptors (Lipinski definition) is 3. The Morgan fingerprint density at radius 2 is 1.28 bits per heavy atom. The molecule has 0 saturated carbocycles. The molecular formula is C26H29NO2. The van der Waals surface area contributed by atoms with E-state index in [1.807, 2.05) is 37.3 Å². The summed E-state index contributed by atoms with van der Waals surface area (Å²) in [7, 11) is 1.46. The second-order valence-corrected chi connectivity index (χ2v) is 7.41. The third-order valence-corrected chi connectivity index (χ3v) is 5.53. The summed E-state index contributed by atoms with van der Waals surface area (Å²) in [5.74, 6) is -0.505. The number of esters is 1. The fourth-order valence-electron chi connectivity index (χ4n) is 3.93. The maximum absolute atomic E-state index is 12.6. The summed E-state index contributed by atoms with van der Waals surface area (Å²) in [4.78, 5) is 15.0. The summed E-state index contributed by atoms with van der Waals surface area (Å²) in [6.07, 6.45) is 0. The number of methoxy groups -OCH3 is 1. The number of rotatable bonds is 8. The minimum atomic E-state index is -0.308. The van der Waals surface area contributed by atoms with Crippen LogP contribution in [0.4, 0.5) is 0 Å². The maximum Gasteiger partial charge on any atom is 0.310 e. The van der Waals surface area contributed by atoms with E-state index in [4.69, 9.17) is 4.74 Å². The highest BCUT2D eigenvalue weighted by Crippen LogP contribution is 2.37. The Balaban J connectivity index is 2.07. The Hall–Kier alpha value is -2.91. The van der Waals surface area contributed by atoms with Gasteiger partial charge < -0.3 is 4.74 Å². The van der Waals surface area contributed by atoms with E-state index >= 15 is 0 Å². The Bertz CT molecular complexity index is 880. The zero-order chi connectivity index (χ0) is 20.6. The van der Waals surface area contributed by atoms with Crippen LogP contribution in [0.2, 0.25) is 0 Å². The van der Waals surface area contributed by atoms with Crippen LogP contribution < -0.4 is 0 Å². The van der Waals surface area contributed by atoms with Gasteiger partial charge in [-0.05, 0) is 23.6 Å². The monoisotopic (exact) mass is 387 g/mol. The van der Waals surface area contributed by atoms with Gasteiger partial charge in [0.2, 0.25) is 0 Å². The highest BCUT2D eigenvalue weighted by atomic mass is 16.5. The molecule has 150 valence electrons. The molecule has 3 aromatic rings. The van der Waals surface area contributed by atoms with E-state index in [0.29, 0.717) is 0 Å². The number of carbonyl (C=O) groups is 1. The van der Waals surface area contributed by atoms with Crippen LogP contribution in [0, 0.1) is 5.92 Å². The molecule has 0 aliphatic heterocycles. The van der Waals surface area contributed by atoms with Crippen molar-refractivity contribution in [1.82, 2.24) is 4.90 Å². The second kappa shape index (κ2) is 10.0. The zero-order valence-electron chi connectivity index (χ0n) is 17.4. The molecule has 0 amide bonds. The Labute approximate surface area is 174 Å². The Kier molecular flexibility index (Phi) is 7.20. The van der Waals surface area contributed by atoms with E-state index in [2.05, 4.69) is 72.5 Å². The van der Waals surface area contributed by atoms with Gasteiger partial charge >= 0.3 is 5.97 Å². The molecule has 0 bridgehead atoms. The quantitative estimate of drug-likeness (QED) is 0.458. The normalized spacial score (nSPS) is 14.2. The Morgan fingerprint density at radius 3 is 1.79 bits per heavy atom. The molecule has 0 aliphatic rings. The molecule has 3 atom stereocenters. The molecule has 29 heavy (non-hydrogen) atoms. The van der Waals surface area contributed by atoms with E-state index in [-0.39, 0.29) is 24.0 Å². The third kappa shape index (κ3) is 5.12. The SMILES string of the molecule is COC(=O)C(C)C(c1ccccc1)N(Cc1ccccc1)C(C)c1ccccc1. The predicted molar refractivity (Wildman–Crippen MR) is 117 cm³/mol. The van der Waals surface area contributed by atoms with Gasteiger partial charge in [0.25, 0.3) is 0 Å². The highest BCUT2D eigenvalue weighted by Gasteiger charge is 2.34. The van der Waals surface area contributed by atoms with Crippen molar-refractivity contribution in [3.63, 3.8) is 0 Å². The van der Waals surface area contributed by atoms with Gasteiger partial charge in [-0.15, -0.1) is 0 Å². The standard InChI is InChI=1S/C26H29NO2/c1-20(26(28)29-3)25(24-17-11-6-12-18-24)27(19-22-13-7-4-8-14-22)21(2)23-15-9-5-10-16-23/h4-18,20-21,25H,19H2,1-3H3. The summed E-state index contributed by atoms with van der Waals surface area (Å²) in [6.45, 7) is 4.90. The fourth-order valence-corrected chi connectivity index (χ4v) is 3.93. The van der Waals surface area contributed by atoms with Crippen molar-refractivity contribution in [2.24, 2.45) is 5.92 Å². The van der Waals surface area contributed by atoms with Gasteiger partial charge in [0.1, 0.15) is 0 Å². The van der Waals surface area contributed by atoms with Crippen LogP contribution in [0.5, 0.6) is 0 Å². The van der Waals surface area contributed by atoms with Gasteiger partial charge in [-0.3, -0.25) is 9.69 Å². The van der Waals surface area contributed by atoms with Crippen molar-refractivity contribution in [3.8, 4) is 0 Å². The number of benzene rings is 3. The summed E-state index contributed by atoms with van der Waals surface area (Å²) in [6, 6.07) is 31.1. The van der Waals surface area contributed by atoms with Crippen LogP contribution in [-0.2, 0) is 16.1 Å². The lowest BCUT2D eigenvalue weighted by Crippen LogP contribution is -2.37. The first kappa shape index (κ1) is 20.8. The average Bonchev–Trinajstić information content (AvgIpc) is 2.79. The summed E-state index contributed by atoms with van der Waals surface area (Å²) >= 11 is 0. The molecule has 0 N–H and O–H groups in total. The third-order valence-electron chi connectivity index (χ3n) is 5.53. The molecule has 3 heteroatoms. The van der Waals surface area contributed by atoms with E-state index in [1.54, 1.807) is 0 Å². The highest BCUT2D eigenvalue weighted by molar-refractivity contribution is 5.73. The molecule has 0 heterocycles. The van der Waals surface area contributed by atoms with Crippen molar-refractivity contribution >= 4 is 5.97 Å². The first-order valence-electron chi connectivity index (χ1n) is 10.1. The van der Waals surface area contributed by atoms with Crippen LogP contribution in [0.3, 0.4) is 0 Å². The van der Waals surface area contributed by atoms with E-state index in [1.165, 1.54) is 18.2 Å². The van der Waals surface area contributed by atoms with Crippen molar-refractivity contribution in [1.29, 1.82) is 0 Å². The second-order valence-electron chi connectivity index (χ2n) is 7.41. The van der Waals surface area contributed by atoms with Gasteiger partial charge in [-0.2, -0.15) is 0 Å². The van der Waals surface area contributed by atoms with E-state index in [9.17, 15) is 4.79 Å². The molecular weight excluding hydrogens is 358 g/mol. The van der Waals surface area contributed by atoms with Crippen LogP contribution >= 0.6 is 0 Å². The van der Waals surface area contributed by atoms with Crippen LogP contribution in [0.1, 0.15) is 42.6 Å². The number of ether oxygens (including phenoxy) is 1. The van der Waals surface area contributed by atoms with Gasteiger partial charge in [-0.1, -0.05) is 97.9 Å². The molecule has 0 fully saturated rings. The number of hydrogen-bond donors (Lipinski definition) is 0. The maximum atomic E-state index is 12.6. The first-order valence-corrected chi connectivity index (χ1v) is 10.1. The van der Waals surface area contributed by atoms with Crippen LogP contribution in [0.15, 0.2) is 91.0 Å². The molecule has 0 spiro atoms. The fraction of sp³-hybridized carbons (Fsp3) is 0.269. The average molecular weight is 388 g/mol. The van der Waals surface area contributed by atoms with Crippen LogP contribution in [-0.4, -0.2) is 18.0 Å².